The van der Waals surface area contributed by atoms with Crippen LogP contribution in [0, 0.1) is 0 Å². The van der Waals surface area contributed by atoms with Gasteiger partial charge in [0.2, 0.25) is 0 Å². The zero-order valence-corrected chi connectivity index (χ0v) is 19.3. The molecule has 2 aromatic heterocycles. The zero-order valence-electron chi connectivity index (χ0n) is 16.1. The van der Waals surface area contributed by atoms with Crippen LogP contribution in [0.4, 0.5) is 5.69 Å². The van der Waals surface area contributed by atoms with E-state index in [1.807, 2.05) is 24.3 Å². The molecule has 0 atom stereocenters. The topological polar surface area (TPSA) is 77.8 Å². The molecule has 31 heavy (non-hydrogen) atoms. The van der Waals surface area contributed by atoms with Gasteiger partial charge in [-0.25, -0.2) is 4.79 Å². The van der Waals surface area contributed by atoms with Gasteiger partial charge in [-0.1, -0.05) is 23.7 Å². The van der Waals surface area contributed by atoms with Crippen molar-refractivity contribution >= 4 is 66.5 Å². The first-order valence-corrected chi connectivity index (χ1v) is 11.0. The summed E-state index contributed by atoms with van der Waals surface area (Å²) < 4.78 is 17.6. The largest absolute Gasteiger partial charge is 0.484 e. The standard InChI is InChI=1S/C22H15BrClNO5S/c1-28-22(27)20-19(24)14-8-6-12(10-18(14)31-20)25-21(26)17-9-7-13(30-17)11-29-16-5-3-2-4-15(16)23/h2-10H,11H2,1H3,(H,25,26). The Hall–Kier alpha value is -2.81. The van der Waals surface area contributed by atoms with Crippen LogP contribution in [0.25, 0.3) is 10.1 Å². The van der Waals surface area contributed by atoms with Gasteiger partial charge in [0.15, 0.2) is 5.76 Å². The Bertz CT molecular complexity index is 1280. The van der Waals surface area contributed by atoms with Crippen LogP contribution in [-0.4, -0.2) is 19.0 Å². The monoisotopic (exact) mass is 519 g/mol. The van der Waals surface area contributed by atoms with Crippen LogP contribution in [0.5, 0.6) is 5.75 Å². The van der Waals surface area contributed by atoms with E-state index in [9.17, 15) is 9.59 Å². The number of anilines is 1. The van der Waals surface area contributed by atoms with Gasteiger partial charge < -0.3 is 19.2 Å². The number of thiophene rings is 1. The lowest BCUT2D eigenvalue weighted by Gasteiger charge is -2.06. The van der Waals surface area contributed by atoms with Crippen molar-refractivity contribution in [2.24, 2.45) is 0 Å². The van der Waals surface area contributed by atoms with Gasteiger partial charge in [0.05, 0.1) is 16.6 Å². The van der Waals surface area contributed by atoms with Gasteiger partial charge in [0.25, 0.3) is 5.91 Å². The Balaban J connectivity index is 1.45. The molecule has 6 nitrogen and oxygen atoms in total. The van der Waals surface area contributed by atoms with Crippen molar-refractivity contribution in [3.63, 3.8) is 0 Å². The molecule has 0 bridgehead atoms. The van der Waals surface area contributed by atoms with Gasteiger partial charge in [-0.3, -0.25) is 4.79 Å². The molecule has 2 heterocycles. The smallest absolute Gasteiger partial charge is 0.349 e. The summed E-state index contributed by atoms with van der Waals surface area (Å²) in [7, 11) is 1.30. The van der Waals surface area contributed by atoms with Crippen LogP contribution in [-0.2, 0) is 11.3 Å². The van der Waals surface area contributed by atoms with E-state index in [0.717, 1.165) is 14.6 Å². The molecule has 4 aromatic rings. The number of hydrogen-bond acceptors (Lipinski definition) is 6. The van der Waals surface area contributed by atoms with E-state index in [4.69, 9.17) is 25.5 Å². The third kappa shape index (κ3) is 4.61. The summed E-state index contributed by atoms with van der Waals surface area (Å²) in [5.74, 6) is 0.459. The summed E-state index contributed by atoms with van der Waals surface area (Å²) in [6, 6.07) is 15.9. The van der Waals surface area contributed by atoms with Crippen LogP contribution < -0.4 is 10.1 Å². The molecule has 0 saturated carbocycles. The van der Waals surface area contributed by atoms with Gasteiger partial charge in [-0.2, -0.15) is 0 Å². The minimum absolute atomic E-state index is 0.158. The molecule has 1 N–H and O–H groups in total. The van der Waals surface area contributed by atoms with Crippen molar-refractivity contribution in [3.05, 3.63) is 80.5 Å². The maximum atomic E-state index is 12.6. The number of hydrogen-bond donors (Lipinski definition) is 1. The lowest BCUT2D eigenvalue weighted by atomic mass is 10.2. The van der Waals surface area contributed by atoms with Crippen LogP contribution >= 0.6 is 38.9 Å². The molecule has 0 saturated heterocycles. The summed E-state index contributed by atoms with van der Waals surface area (Å²) in [6.07, 6.45) is 0. The lowest BCUT2D eigenvalue weighted by Crippen LogP contribution is -2.10. The van der Waals surface area contributed by atoms with Crippen molar-refractivity contribution in [2.75, 3.05) is 12.4 Å². The van der Waals surface area contributed by atoms with Crippen LogP contribution in [0.3, 0.4) is 0 Å². The van der Waals surface area contributed by atoms with E-state index < -0.39 is 11.9 Å². The average molecular weight is 521 g/mol. The number of nitrogens with one attached hydrogen (secondary N) is 1. The highest BCUT2D eigenvalue weighted by Gasteiger charge is 2.18. The number of methoxy groups -OCH3 is 1. The number of ether oxygens (including phenoxy) is 2. The molecule has 9 heteroatoms. The Labute approximate surface area is 194 Å². The van der Waals surface area contributed by atoms with Gasteiger partial charge in [-0.15, -0.1) is 11.3 Å². The number of esters is 1. The molecule has 0 spiro atoms. The third-order valence-electron chi connectivity index (χ3n) is 4.35. The maximum Gasteiger partial charge on any atom is 0.349 e. The number of carbonyl (C=O) groups excluding carboxylic acids is 2. The van der Waals surface area contributed by atoms with Gasteiger partial charge >= 0.3 is 5.97 Å². The highest BCUT2D eigenvalue weighted by Crippen LogP contribution is 2.37. The van der Waals surface area contributed by atoms with E-state index in [-0.39, 0.29) is 12.4 Å². The second kappa shape index (κ2) is 9.13. The maximum absolute atomic E-state index is 12.6. The summed E-state index contributed by atoms with van der Waals surface area (Å²) in [5.41, 5.74) is 0.550. The number of fused-ring (bicyclic) bond motifs is 1. The Morgan fingerprint density at radius 2 is 1.97 bits per heavy atom. The summed E-state index contributed by atoms with van der Waals surface area (Å²) in [6.45, 7) is 0.186. The highest BCUT2D eigenvalue weighted by atomic mass is 79.9. The predicted molar refractivity (Wildman–Crippen MR) is 123 cm³/mol. The minimum Gasteiger partial charge on any atom is -0.484 e. The molecule has 0 aliphatic rings. The normalized spacial score (nSPS) is 10.8. The average Bonchev–Trinajstić information content (AvgIpc) is 3.37. The van der Waals surface area contributed by atoms with E-state index in [2.05, 4.69) is 21.2 Å². The molecule has 0 fully saturated rings. The SMILES string of the molecule is COC(=O)c1sc2cc(NC(=O)c3ccc(COc4ccccc4Br)o3)ccc2c1Cl. The molecule has 0 radical (unpaired) electrons. The quantitative estimate of drug-likeness (QED) is 0.293. The number of furan rings is 1. The molecule has 0 aliphatic heterocycles. The zero-order chi connectivity index (χ0) is 22.0. The van der Waals surface area contributed by atoms with E-state index in [0.29, 0.717) is 27.1 Å². The highest BCUT2D eigenvalue weighted by molar-refractivity contribution is 9.10. The fourth-order valence-corrected chi connectivity index (χ4v) is 4.71. The fraction of sp³-hybridized carbons (Fsp3) is 0.0909. The van der Waals surface area contributed by atoms with E-state index >= 15 is 0 Å². The number of amides is 1. The van der Waals surface area contributed by atoms with Crippen LogP contribution in [0.1, 0.15) is 26.0 Å². The van der Waals surface area contributed by atoms with Gasteiger partial charge in [0.1, 0.15) is 23.0 Å². The van der Waals surface area contributed by atoms with E-state index in [1.165, 1.54) is 18.4 Å². The van der Waals surface area contributed by atoms with Crippen molar-refractivity contribution < 1.29 is 23.5 Å². The number of rotatable bonds is 6. The van der Waals surface area contributed by atoms with Gasteiger partial charge in [-0.05, 0) is 58.4 Å². The van der Waals surface area contributed by atoms with Crippen molar-refractivity contribution in [1.29, 1.82) is 0 Å². The third-order valence-corrected chi connectivity index (χ3v) is 6.64. The Morgan fingerprint density at radius 1 is 1.16 bits per heavy atom. The molecular weight excluding hydrogens is 506 g/mol. The molecule has 1 amide bonds. The summed E-state index contributed by atoms with van der Waals surface area (Å²) in [5, 5.41) is 3.84. The molecular formula is C22H15BrClNO5S. The molecule has 0 unspecified atom stereocenters. The number of para-hydroxylation sites is 1. The Morgan fingerprint density at radius 3 is 2.74 bits per heavy atom. The number of halogens is 2. The molecule has 0 aliphatic carbocycles. The first-order chi connectivity index (χ1) is 15.0. The lowest BCUT2D eigenvalue weighted by molar-refractivity contribution is 0.0606. The van der Waals surface area contributed by atoms with Crippen LogP contribution in [0.2, 0.25) is 5.02 Å². The number of benzene rings is 2. The van der Waals surface area contributed by atoms with Crippen molar-refractivity contribution in [1.82, 2.24) is 0 Å². The van der Waals surface area contributed by atoms with Crippen molar-refractivity contribution in [3.8, 4) is 5.75 Å². The molecule has 2 aromatic carbocycles. The first-order valence-electron chi connectivity index (χ1n) is 9.04. The van der Waals surface area contributed by atoms with Crippen LogP contribution in [0.15, 0.2) is 63.5 Å². The van der Waals surface area contributed by atoms with Gasteiger partial charge in [0, 0.05) is 15.8 Å². The summed E-state index contributed by atoms with van der Waals surface area (Å²) in [4.78, 5) is 24.7. The second-order valence-corrected chi connectivity index (χ2v) is 8.67. The molecule has 4 rings (SSSR count). The molecule has 158 valence electrons. The predicted octanol–water partition coefficient (Wildman–Crippen LogP) is 6.53. The Kier molecular flexibility index (Phi) is 6.31. The fourth-order valence-electron chi connectivity index (χ4n) is 2.85. The second-order valence-electron chi connectivity index (χ2n) is 6.39. The van der Waals surface area contributed by atoms with E-state index in [1.54, 1.807) is 30.3 Å². The van der Waals surface area contributed by atoms with Crippen molar-refractivity contribution in [2.45, 2.75) is 6.61 Å². The minimum atomic E-state index is -0.496. The first kappa shape index (κ1) is 21.4. The summed E-state index contributed by atoms with van der Waals surface area (Å²) >= 11 is 10.9. The number of carbonyl (C=O) groups is 2.